The molecule has 0 radical (unpaired) electrons. The number of benzene rings is 1. The molecule has 3 nitrogen and oxygen atoms in total. The van der Waals surface area contributed by atoms with E-state index in [1.165, 1.54) is 10.9 Å². The number of ketones is 1. The molecule has 0 fully saturated rings. The van der Waals surface area contributed by atoms with E-state index in [4.69, 9.17) is 23.2 Å². The number of Topliss-reactive ketones (excluding diaryl/α,β-unsaturated/α-hetero) is 1. The molecule has 1 heterocycles. The smallest absolute Gasteiger partial charge is 0.182 e. The van der Waals surface area contributed by atoms with Crippen LogP contribution in [0, 0.1) is 0 Å². The van der Waals surface area contributed by atoms with Crippen LogP contribution in [0.5, 0.6) is 0 Å². The number of carbonyl (C=O) groups is 1. The Morgan fingerprint density at radius 2 is 2.18 bits per heavy atom. The van der Waals surface area contributed by atoms with E-state index in [0.29, 0.717) is 5.56 Å². The first-order valence-corrected chi connectivity index (χ1v) is 6.27. The Bertz CT molecular complexity index is 568. The van der Waals surface area contributed by atoms with Crippen LogP contribution in [-0.2, 0) is 6.54 Å². The fourth-order valence-electron chi connectivity index (χ4n) is 1.36. The van der Waals surface area contributed by atoms with Crippen molar-refractivity contribution in [3.05, 3.63) is 50.9 Å². The number of hydrogen-bond donors (Lipinski definition) is 0. The van der Waals surface area contributed by atoms with Crippen LogP contribution in [0.4, 0.5) is 0 Å². The summed E-state index contributed by atoms with van der Waals surface area (Å²) in [5.41, 5.74) is 0.611. The molecular formula is C11H7BrCl2N2O. The van der Waals surface area contributed by atoms with Crippen molar-refractivity contribution in [2.24, 2.45) is 0 Å². The molecule has 0 unspecified atom stereocenters. The number of carbonyl (C=O) groups excluding carboxylic acids is 1. The van der Waals surface area contributed by atoms with Crippen molar-refractivity contribution in [3.8, 4) is 0 Å². The summed E-state index contributed by atoms with van der Waals surface area (Å²) in [5, 5.41) is 0.476. The summed E-state index contributed by atoms with van der Waals surface area (Å²) in [6.07, 6.45) is 1.44. The highest BCUT2D eigenvalue weighted by Gasteiger charge is 2.11. The zero-order chi connectivity index (χ0) is 12.4. The molecular weight excluding hydrogens is 327 g/mol. The normalized spacial score (nSPS) is 10.5. The van der Waals surface area contributed by atoms with Crippen molar-refractivity contribution in [3.63, 3.8) is 0 Å². The lowest BCUT2D eigenvalue weighted by Gasteiger charge is -2.03. The van der Waals surface area contributed by atoms with E-state index >= 15 is 0 Å². The van der Waals surface area contributed by atoms with Crippen molar-refractivity contribution in [1.82, 2.24) is 9.55 Å². The number of nitrogens with zero attached hydrogens (tertiary/aromatic N) is 2. The minimum Gasteiger partial charge on any atom is -0.312 e. The highest BCUT2D eigenvalue weighted by Crippen LogP contribution is 2.20. The lowest BCUT2D eigenvalue weighted by molar-refractivity contribution is 0.0972. The first-order chi connectivity index (χ1) is 8.08. The van der Waals surface area contributed by atoms with Crippen LogP contribution in [0.3, 0.4) is 0 Å². The van der Waals surface area contributed by atoms with E-state index in [2.05, 4.69) is 20.9 Å². The minimum atomic E-state index is -0.0535. The average molecular weight is 334 g/mol. The van der Waals surface area contributed by atoms with Crippen LogP contribution in [0.2, 0.25) is 10.3 Å². The summed E-state index contributed by atoms with van der Waals surface area (Å²) in [4.78, 5) is 15.8. The molecule has 88 valence electrons. The molecule has 0 aliphatic heterocycles. The SMILES string of the molecule is O=C(Cn1cnc(Cl)c1Cl)c1cccc(Br)c1. The molecule has 2 aromatic rings. The molecule has 0 N–H and O–H groups in total. The predicted molar refractivity (Wildman–Crippen MR) is 70.7 cm³/mol. The molecule has 0 aliphatic rings. The average Bonchev–Trinajstić information content (AvgIpc) is 2.61. The number of halogens is 3. The molecule has 0 bridgehead atoms. The Kier molecular flexibility index (Phi) is 3.86. The van der Waals surface area contributed by atoms with E-state index in [1.807, 2.05) is 6.07 Å². The topological polar surface area (TPSA) is 34.9 Å². The highest BCUT2D eigenvalue weighted by molar-refractivity contribution is 9.10. The van der Waals surface area contributed by atoms with Gasteiger partial charge in [0.25, 0.3) is 0 Å². The van der Waals surface area contributed by atoms with Crippen LogP contribution in [0.25, 0.3) is 0 Å². The third-order valence-electron chi connectivity index (χ3n) is 2.19. The van der Waals surface area contributed by atoms with Gasteiger partial charge in [-0.3, -0.25) is 4.79 Å². The van der Waals surface area contributed by atoms with Crippen molar-refractivity contribution < 1.29 is 4.79 Å². The van der Waals surface area contributed by atoms with Gasteiger partial charge in [-0.15, -0.1) is 0 Å². The van der Waals surface area contributed by atoms with Crippen LogP contribution < -0.4 is 0 Å². The summed E-state index contributed by atoms with van der Waals surface area (Å²) in [5.74, 6) is -0.0535. The van der Waals surface area contributed by atoms with E-state index in [-0.39, 0.29) is 22.6 Å². The fraction of sp³-hybridized carbons (Fsp3) is 0.0909. The molecule has 2 rings (SSSR count). The maximum atomic E-state index is 12.0. The summed E-state index contributed by atoms with van der Waals surface area (Å²) >= 11 is 14.9. The zero-order valence-corrected chi connectivity index (χ0v) is 11.6. The first-order valence-electron chi connectivity index (χ1n) is 4.73. The third-order valence-corrected chi connectivity index (χ3v) is 3.46. The van der Waals surface area contributed by atoms with Crippen molar-refractivity contribution in [2.75, 3.05) is 0 Å². The van der Waals surface area contributed by atoms with E-state index < -0.39 is 0 Å². The van der Waals surface area contributed by atoms with Gasteiger partial charge >= 0.3 is 0 Å². The Morgan fingerprint density at radius 3 is 2.76 bits per heavy atom. The molecule has 0 spiro atoms. The number of rotatable bonds is 3. The van der Waals surface area contributed by atoms with Gasteiger partial charge in [0.1, 0.15) is 5.15 Å². The van der Waals surface area contributed by atoms with Gasteiger partial charge in [-0.25, -0.2) is 4.98 Å². The van der Waals surface area contributed by atoms with E-state index in [0.717, 1.165) is 4.47 Å². The van der Waals surface area contributed by atoms with Gasteiger partial charge in [-0.05, 0) is 12.1 Å². The maximum Gasteiger partial charge on any atom is 0.182 e. The Labute approximate surface area is 116 Å². The highest BCUT2D eigenvalue weighted by atomic mass is 79.9. The third kappa shape index (κ3) is 2.89. The summed E-state index contributed by atoms with van der Waals surface area (Å²) < 4.78 is 2.37. The summed E-state index contributed by atoms with van der Waals surface area (Å²) in [6.45, 7) is 0.120. The molecule has 6 heteroatoms. The molecule has 1 aromatic carbocycles. The van der Waals surface area contributed by atoms with Crippen LogP contribution in [0.15, 0.2) is 35.1 Å². The van der Waals surface area contributed by atoms with Gasteiger partial charge in [-0.1, -0.05) is 51.3 Å². The second-order valence-corrected chi connectivity index (χ2v) is 5.02. The van der Waals surface area contributed by atoms with Crippen LogP contribution in [0.1, 0.15) is 10.4 Å². The number of imidazole rings is 1. The molecule has 1 aromatic heterocycles. The van der Waals surface area contributed by atoms with Gasteiger partial charge in [0, 0.05) is 10.0 Å². The Hall–Kier alpha value is -0.840. The summed E-state index contributed by atoms with van der Waals surface area (Å²) in [6, 6.07) is 7.17. The largest absolute Gasteiger partial charge is 0.312 e. The monoisotopic (exact) mass is 332 g/mol. The molecule has 17 heavy (non-hydrogen) atoms. The zero-order valence-electron chi connectivity index (χ0n) is 8.53. The Morgan fingerprint density at radius 1 is 1.41 bits per heavy atom. The van der Waals surface area contributed by atoms with Gasteiger partial charge in [0.05, 0.1) is 12.9 Å². The molecule has 0 aliphatic carbocycles. The second-order valence-electron chi connectivity index (χ2n) is 3.39. The van der Waals surface area contributed by atoms with E-state index in [1.54, 1.807) is 18.2 Å². The summed E-state index contributed by atoms with van der Waals surface area (Å²) in [7, 11) is 0. The van der Waals surface area contributed by atoms with Gasteiger partial charge < -0.3 is 4.57 Å². The lowest BCUT2D eigenvalue weighted by atomic mass is 10.1. The van der Waals surface area contributed by atoms with Gasteiger partial charge in [-0.2, -0.15) is 0 Å². The van der Waals surface area contributed by atoms with Crippen molar-refractivity contribution in [2.45, 2.75) is 6.54 Å². The van der Waals surface area contributed by atoms with Crippen LogP contribution in [-0.4, -0.2) is 15.3 Å². The van der Waals surface area contributed by atoms with E-state index in [9.17, 15) is 4.79 Å². The fourth-order valence-corrected chi connectivity index (χ4v) is 2.06. The number of hydrogen-bond acceptors (Lipinski definition) is 2. The maximum absolute atomic E-state index is 12.0. The van der Waals surface area contributed by atoms with Crippen LogP contribution >= 0.6 is 39.1 Å². The first kappa shape index (κ1) is 12.6. The van der Waals surface area contributed by atoms with Crippen molar-refractivity contribution >= 4 is 44.9 Å². The minimum absolute atomic E-state index is 0.0535. The lowest BCUT2D eigenvalue weighted by Crippen LogP contribution is -2.09. The van der Waals surface area contributed by atoms with Gasteiger partial charge in [0.15, 0.2) is 10.9 Å². The molecule has 0 amide bonds. The van der Waals surface area contributed by atoms with Gasteiger partial charge in [0.2, 0.25) is 0 Å². The Balaban J connectivity index is 2.20. The standard InChI is InChI=1S/C11H7BrCl2N2O/c12-8-3-1-2-7(4-8)9(17)5-16-6-15-10(13)11(16)14/h1-4,6H,5H2. The second kappa shape index (κ2) is 5.21. The molecule has 0 saturated heterocycles. The quantitative estimate of drug-likeness (QED) is 0.800. The molecule has 0 atom stereocenters. The number of aromatic nitrogens is 2. The predicted octanol–water partition coefficient (Wildman–Crippen LogP) is 3.84. The molecule has 0 saturated carbocycles. The van der Waals surface area contributed by atoms with Crippen molar-refractivity contribution in [1.29, 1.82) is 0 Å².